The van der Waals surface area contributed by atoms with Gasteiger partial charge in [0.1, 0.15) is 0 Å². The van der Waals surface area contributed by atoms with Crippen LogP contribution in [0, 0.1) is 0 Å². The van der Waals surface area contributed by atoms with E-state index in [9.17, 15) is 0 Å². The van der Waals surface area contributed by atoms with Crippen molar-refractivity contribution in [2.75, 3.05) is 14.2 Å². The smallest absolute Gasteiger partial charge is 0.161 e. The van der Waals surface area contributed by atoms with Gasteiger partial charge >= 0.3 is 0 Å². The summed E-state index contributed by atoms with van der Waals surface area (Å²) in [6, 6.07) is 0.649. The molecule has 0 aliphatic rings. The van der Waals surface area contributed by atoms with E-state index in [1.54, 1.807) is 13.3 Å². The average Bonchev–Trinajstić information content (AvgIpc) is 2.64. The van der Waals surface area contributed by atoms with Crippen LogP contribution < -0.4 is 10.1 Å². The first kappa shape index (κ1) is 12.0. The summed E-state index contributed by atoms with van der Waals surface area (Å²) in [5.41, 5.74) is 1.14. The van der Waals surface area contributed by atoms with E-state index >= 15 is 0 Å². The van der Waals surface area contributed by atoms with E-state index in [2.05, 4.69) is 31.2 Å². The van der Waals surface area contributed by atoms with Gasteiger partial charge in [-0.2, -0.15) is 5.10 Å². The van der Waals surface area contributed by atoms with Crippen molar-refractivity contribution in [1.82, 2.24) is 15.1 Å². The molecule has 0 radical (unpaired) electrons. The van der Waals surface area contributed by atoms with Crippen molar-refractivity contribution in [3.63, 3.8) is 0 Å². The van der Waals surface area contributed by atoms with Gasteiger partial charge in [-0.25, -0.2) is 0 Å². The molecule has 0 amide bonds. The number of rotatable bonds is 5. The van der Waals surface area contributed by atoms with Gasteiger partial charge in [-0.15, -0.1) is 0 Å². The topological polar surface area (TPSA) is 39.1 Å². The van der Waals surface area contributed by atoms with E-state index in [0.29, 0.717) is 12.1 Å². The number of methoxy groups -OCH3 is 1. The lowest BCUT2D eigenvalue weighted by Crippen LogP contribution is -2.21. The largest absolute Gasteiger partial charge is 0.493 e. The van der Waals surface area contributed by atoms with Gasteiger partial charge < -0.3 is 10.1 Å². The maximum Gasteiger partial charge on any atom is 0.161 e. The second kappa shape index (κ2) is 5.16. The molecule has 1 aromatic heterocycles. The van der Waals surface area contributed by atoms with Crippen LogP contribution >= 0.6 is 0 Å². The lowest BCUT2D eigenvalue weighted by molar-refractivity contribution is 0.386. The van der Waals surface area contributed by atoms with Gasteiger partial charge in [-0.1, -0.05) is 6.92 Å². The standard InChI is InChI=1S/C11H21N3O/c1-6-9(12-4)11-10(15-5)7-13-14(11)8(2)3/h7-9,12H,6H2,1-5H3. The Kier molecular flexibility index (Phi) is 4.15. The molecule has 1 atom stereocenters. The van der Waals surface area contributed by atoms with Crippen LogP contribution in [0.1, 0.15) is 45.0 Å². The molecule has 0 bridgehead atoms. The summed E-state index contributed by atoms with van der Waals surface area (Å²) in [7, 11) is 3.65. The summed E-state index contributed by atoms with van der Waals surface area (Å²) in [5.74, 6) is 0.866. The lowest BCUT2D eigenvalue weighted by atomic mass is 10.1. The Morgan fingerprint density at radius 3 is 2.60 bits per heavy atom. The van der Waals surface area contributed by atoms with E-state index in [1.807, 2.05) is 11.7 Å². The van der Waals surface area contributed by atoms with Crippen molar-refractivity contribution in [2.45, 2.75) is 39.3 Å². The highest BCUT2D eigenvalue weighted by atomic mass is 16.5. The molecule has 86 valence electrons. The minimum atomic E-state index is 0.296. The predicted molar refractivity (Wildman–Crippen MR) is 61.3 cm³/mol. The Hall–Kier alpha value is -1.03. The van der Waals surface area contributed by atoms with Crippen molar-refractivity contribution in [1.29, 1.82) is 0 Å². The third-order valence-electron chi connectivity index (χ3n) is 2.59. The molecule has 0 spiro atoms. The molecule has 1 N–H and O–H groups in total. The Morgan fingerprint density at radius 1 is 1.53 bits per heavy atom. The Balaban J connectivity index is 3.14. The Morgan fingerprint density at radius 2 is 2.20 bits per heavy atom. The molecule has 4 nitrogen and oxygen atoms in total. The van der Waals surface area contributed by atoms with Crippen LogP contribution in [-0.4, -0.2) is 23.9 Å². The summed E-state index contributed by atoms with van der Waals surface area (Å²) in [5, 5.41) is 7.64. The van der Waals surface area contributed by atoms with Gasteiger partial charge in [0, 0.05) is 6.04 Å². The second-order valence-corrected chi connectivity index (χ2v) is 3.89. The number of nitrogens with one attached hydrogen (secondary N) is 1. The third-order valence-corrected chi connectivity index (χ3v) is 2.59. The molecule has 1 aromatic rings. The van der Waals surface area contributed by atoms with Crippen LogP contribution in [0.25, 0.3) is 0 Å². The summed E-state index contributed by atoms with van der Waals surface area (Å²) >= 11 is 0. The van der Waals surface area contributed by atoms with Gasteiger partial charge in [-0.3, -0.25) is 4.68 Å². The predicted octanol–water partition coefficient (Wildman–Crippen LogP) is 2.14. The summed E-state index contributed by atoms with van der Waals surface area (Å²) in [6.07, 6.45) is 2.81. The zero-order chi connectivity index (χ0) is 11.4. The van der Waals surface area contributed by atoms with Gasteiger partial charge in [0.15, 0.2) is 5.75 Å². The van der Waals surface area contributed by atoms with Crippen LogP contribution in [0.3, 0.4) is 0 Å². The fourth-order valence-corrected chi connectivity index (χ4v) is 1.79. The van der Waals surface area contributed by atoms with Crippen molar-refractivity contribution in [3.05, 3.63) is 11.9 Å². The molecule has 0 aromatic carbocycles. The number of nitrogens with zero attached hydrogens (tertiary/aromatic N) is 2. The van der Waals surface area contributed by atoms with Crippen molar-refractivity contribution in [2.24, 2.45) is 0 Å². The van der Waals surface area contributed by atoms with Crippen LogP contribution in [0.2, 0.25) is 0 Å². The Bertz CT molecular complexity index is 303. The molecule has 1 unspecified atom stereocenters. The van der Waals surface area contributed by atoms with E-state index in [0.717, 1.165) is 17.9 Å². The monoisotopic (exact) mass is 211 g/mol. The minimum absolute atomic E-state index is 0.296. The van der Waals surface area contributed by atoms with Gasteiger partial charge in [0.05, 0.1) is 25.0 Å². The summed E-state index contributed by atoms with van der Waals surface area (Å²) in [4.78, 5) is 0. The highest BCUT2D eigenvalue weighted by Gasteiger charge is 2.20. The van der Waals surface area contributed by atoms with E-state index in [4.69, 9.17) is 4.74 Å². The van der Waals surface area contributed by atoms with E-state index in [1.165, 1.54) is 0 Å². The average molecular weight is 211 g/mol. The number of ether oxygens (including phenoxy) is 1. The van der Waals surface area contributed by atoms with Crippen molar-refractivity contribution < 1.29 is 4.74 Å². The highest BCUT2D eigenvalue weighted by Crippen LogP contribution is 2.28. The lowest BCUT2D eigenvalue weighted by Gasteiger charge is -2.19. The van der Waals surface area contributed by atoms with Crippen LogP contribution in [-0.2, 0) is 0 Å². The maximum atomic E-state index is 5.34. The first-order valence-electron chi connectivity index (χ1n) is 5.44. The molecule has 1 rings (SSSR count). The zero-order valence-electron chi connectivity index (χ0n) is 10.2. The van der Waals surface area contributed by atoms with Crippen molar-refractivity contribution >= 4 is 0 Å². The van der Waals surface area contributed by atoms with Crippen molar-refractivity contribution in [3.8, 4) is 5.75 Å². The molecule has 0 aliphatic heterocycles. The first-order chi connectivity index (χ1) is 7.15. The van der Waals surface area contributed by atoms with Crippen LogP contribution in [0.15, 0.2) is 6.20 Å². The zero-order valence-corrected chi connectivity index (χ0v) is 10.2. The Labute approximate surface area is 91.6 Å². The number of aromatic nitrogens is 2. The van der Waals surface area contributed by atoms with Gasteiger partial charge in [0.2, 0.25) is 0 Å². The van der Waals surface area contributed by atoms with Crippen LogP contribution in [0.4, 0.5) is 0 Å². The quantitative estimate of drug-likeness (QED) is 0.811. The fourth-order valence-electron chi connectivity index (χ4n) is 1.79. The first-order valence-corrected chi connectivity index (χ1v) is 5.44. The van der Waals surface area contributed by atoms with Gasteiger partial charge in [0.25, 0.3) is 0 Å². The second-order valence-electron chi connectivity index (χ2n) is 3.89. The van der Waals surface area contributed by atoms with Gasteiger partial charge in [-0.05, 0) is 27.3 Å². The van der Waals surface area contributed by atoms with E-state index in [-0.39, 0.29) is 0 Å². The molecule has 4 heteroatoms. The van der Waals surface area contributed by atoms with E-state index < -0.39 is 0 Å². The number of hydrogen-bond donors (Lipinski definition) is 1. The molecule has 0 saturated carbocycles. The SMILES string of the molecule is CCC(NC)c1c(OC)cnn1C(C)C. The number of hydrogen-bond acceptors (Lipinski definition) is 3. The summed E-state index contributed by atoms with van der Waals surface area (Å²) in [6.45, 7) is 6.40. The minimum Gasteiger partial charge on any atom is -0.493 e. The molecule has 1 heterocycles. The van der Waals surface area contributed by atoms with Crippen LogP contribution in [0.5, 0.6) is 5.75 Å². The molecule has 0 fully saturated rings. The fraction of sp³-hybridized carbons (Fsp3) is 0.727. The molecule has 15 heavy (non-hydrogen) atoms. The molecular weight excluding hydrogens is 190 g/mol. The summed E-state index contributed by atoms with van der Waals surface area (Å²) < 4.78 is 7.35. The maximum absolute atomic E-state index is 5.34. The third kappa shape index (κ3) is 2.31. The highest BCUT2D eigenvalue weighted by molar-refractivity contribution is 5.28. The molecular formula is C11H21N3O. The molecule has 0 saturated heterocycles. The normalized spacial score (nSPS) is 13.2. The molecule has 0 aliphatic carbocycles.